The predicted molar refractivity (Wildman–Crippen MR) is 92.4 cm³/mol. The van der Waals surface area contributed by atoms with E-state index in [4.69, 9.17) is 0 Å². The molecule has 130 valence electrons. The highest BCUT2D eigenvalue weighted by molar-refractivity contribution is 7.91. The van der Waals surface area contributed by atoms with Crippen LogP contribution >= 0.6 is 22.7 Å². The molecule has 0 unspecified atom stereocenters. The summed E-state index contributed by atoms with van der Waals surface area (Å²) >= 11 is 2.52. The summed E-state index contributed by atoms with van der Waals surface area (Å²) in [6, 6.07) is 0. The number of nitrogens with one attached hydrogen (secondary N) is 2. The van der Waals surface area contributed by atoms with Gasteiger partial charge in [0.2, 0.25) is 0 Å². The van der Waals surface area contributed by atoms with Crippen molar-refractivity contribution in [2.75, 3.05) is 13.1 Å². The summed E-state index contributed by atoms with van der Waals surface area (Å²) in [6.07, 6.45) is 1.01. The zero-order valence-electron chi connectivity index (χ0n) is 13.0. The van der Waals surface area contributed by atoms with E-state index in [0.29, 0.717) is 31.5 Å². The van der Waals surface area contributed by atoms with Crippen molar-refractivity contribution in [1.82, 2.24) is 15.0 Å². The second-order valence-electron chi connectivity index (χ2n) is 5.43. The quantitative estimate of drug-likeness (QED) is 0.691. The van der Waals surface area contributed by atoms with Gasteiger partial charge in [-0.1, -0.05) is 0 Å². The molecule has 0 fully saturated rings. The van der Waals surface area contributed by atoms with Gasteiger partial charge in [-0.05, 0) is 25.5 Å². The zero-order chi connectivity index (χ0) is 17.3. The topological polar surface area (TPSA) is 108 Å². The van der Waals surface area contributed by atoms with Gasteiger partial charge in [-0.2, -0.15) is 0 Å². The number of sulfonamides is 1. The maximum atomic E-state index is 12.6. The molecule has 3 rings (SSSR count). The molecule has 7 nitrogen and oxygen atoms in total. The molecule has 2 aromatic rings. The molecule has 0 spiro atoms. The third kappa shape index (κ3) is 3.52. The number of fused-ring (bicyclic) bond motifs is 1. The van der Waals surface area contributed by atoms with Crippen molar-refractivity contribution in [2.45, 2.75) is 30.5 Å². The summed E-state index contributed by atoms with van der Waals surface area (Å²) in [5.74, 6) is -1.19. The molecule has 0 aromatic carbocycles. The Morgan fingerprint density at radius 2 is 2.29 bits per heavy atom. The van der Waals surface area contributed by atoms with Gasteiger partial charge in [0.15, 0.2) is 0 Å². The molecule has 1 aliphatic heterocycles. The van der Waals surface area contributed by atoms with Gasteiger partial charge in [-0.3, -0.25) is 0 Å². The highest BCUT2D eigenvalue weighted by Gasteiger charge is 2.31. The van der Waals surface area contributed by atoms with Crippen molar-refractivity contribution >= 4 is 38.7 Å². The van der Waals surface area contributed by atoms with Crippen LogP contribution in [0.5, 0.6) is 0 Å². The molecule has 2 aromatic heterocycles. The van der Waals surface area contributed by atoms with E-state index >= 15 is 0 Å². The second-order valence-corrected chi connectivity index (χ2v) is 9.44. The highest BCUT2D eigenvalue weighted by Crippen LogP contribution is 2.34. The van der Waals surface area contributed by atoms with Crippen LogP contribution in [-0.2, 0) is 29.4 Å². The van der Waals surface area contributed by atoms with Gasteiger partial charge in [0, 0.05) is 35.5 Å². The van der Waals surface area contributed by atoms with Crippen LogP contribution in [0.3, 0.4) is 0 Å². The third-order valence-corrected chi connectivity index (χ3v) is 7.89. The van der Waals surface area contributed by atoms with Crippen LogP contribution in [0.1, 0.15) is 31.5 Å². The number of carboxylic acid groups (broad SMARTS) is 1. The van der Waals surface area contributed by atoms with E-state index < -0.39 is 16.0 Å². The Bertz CT molecular complexity index is 870. The van der Waals surface area contributed by atoms with Crippen LogP contribution < -0.4 is 10.0 Å². The molecule has 0 atom stereocenters. The molecule has 24 heavy (non-hydrogen) atoms. The van der Waals surface area contributed by atoms with E-state index in [1.807, 2.05) is 12.3 Å². The third-order valence-electron chi connectivity index (χ3n) is 3.65. The lowest BCUT2D eigenvalue weighted by Crippen LogP contribution is -2.27. The summed E-state index contributed by atoms with van der Waals surface area (Å²) in [5, 5.41) is 15.4. The van der Waals surface area contributed by atoms with E-state index in [1.54, 1.807) is 0 Å². The van der Waals surface area contributed by atoms with Gasteiger partial charge in [0.05, 0.1) is 10.6 Å². The first-order chi connectivity index (χ1) is 11.4. The number of thiazole rings is 1. The number of carbonyl (C=O) groups is 1. The molecule has 0 bridgehead atoms. The van der Waals surface area contributed by atoms with Gasteiger partial charge in [0.1, 0.15) is 4.21 Å². The van der Waals surface area contributed by atoms with Gasteiger partial charge >= 0.3 is 5.97 Å². The fourth-order valence-corrected chi connectivity index (χ4v) is 6.30. The number of aromatic nitrogens is 1. The Morgan fingerprint density at radius 3 is 2.96 bits per heavy atom. The monoisotopic (exact) mass is 387 g/mol. The van der Waals surface area contributed by atoms with Crippen LogP contribution in [0.4, 0.5) is 0 Å². The van der Waals surface area contributed by atoms with Crippen molar-refractivity contribution in [1.29, 1.82) is 0 Å². The maximum absolute atomic E-state index is 12.6. The van der Waals surface area contributed by atoms with E-state index in [0.717, 1.165) is 26.9 Å². The van der Waals surface area contributed by atoms with Crippen molar-refractivity contribution in [3.63, 3.8) is 0 Å². The number of nitrogens with zero attached hydrogens (tertiary/aromatic N) is 1. The number of rotatable bonds is 6. The molecule has 1 aliphatic rings. The number of carboxylic acids is 1. The van der Waals surface area contributed by atoms with Crippen molar-refractivity contribution < 1.29 is 18.3 Å². The Balaban J connectivity index is 1.81. The van der Waals surface area contributed by atoms with Crippen LogP contribution in [-0.4, -0.2) is 37.6 Å². The fraction of sp³-hybridized carbons (Fsp3) is 0.429. The number of hydrogen-bond donors (Lipinski definition) is 3. The number of aromatic carboxylic acids is 1. The Labute approximate surface area is 147 Å². The molecule has 0 saturated carbocycles. The predicted octanol–water partition coefficient (Wildman–Crippen LogP) is 1.38. The molecule has 0 saturated heterocycles. The Hall–Kier alpha value is -1.33. The lowest BCUT2D eigenvalue weighted by molar-refractivity contribution is 0.0692. The van der Waals surface area contributed by atoms with E-state index in [1.165, 1.54) is 11.3 Å². The largest absolute Gasteiger partial charge is 0.478 e. The molecule has 10 heteroatoms. The fourth-order valence-electron chi connectivity index (χ4n) is 2.59. The van der Waals surface area contributed by atoms with Gasteiger partial charge < -0.3 is 10.4 Å². The molecule has 0 radical (unpaired) electrons. The first kappa shape index (κ1) is 17.5. The smallest absolute Gasteiger partial charge is 0.338 e. The average Bonchev–Trinajstić information content (AvgIpc) is 3.11. The minimum atomic E-state index is -3.86. The van der Waals surface area contributed by atoms with Crippen LogP contribution in [0.2, 0.25) is 0 Å². The van der Waals surface area contributed by atoms with Crippen LogP contribution in [0.25, 0.3) is 0 Å². The summed E-state index contributed by atoms with van der Waals surface area (Å²) in [7, 11) is -3.86. The van der Waals surface area contributed by atoms with Crippen molar-refractivity contribution in [3.8, 4) is 0 Å². The SMILES string of the molecule is Cc1csc(CCNS(=O)(=O)c2sc3c(c2C(=O)O)CCNC3)n1. The lowest BCUT2D eigenvalue weighted by atomic mass is 10.1. The number of aryl methyl sites for hydroxylation is 1. The maximum Gasteiger partial charge on any atom is 0.338 e. The Morgan fingerprint density at radius 1 is 1.50 bits per heavy atom. The average molecular weight is 388 g/mol. The number of thiophene rings is 1. The molecule has 3 heterocycles. The molecule has 0 amide bonds. The Kier molecular flexibility index (Phi) is 5.02. The highest BCUT2D eigenvalue weighted by atomic mass is 32.2. The molecular weight excluding hydrogens is 370 g/mol. The first-order valence-corrected chi connectivity index (χ1v) is 10.6. The standard InChI is InChI=1S/C14H17N3O4S3/c1-8-7-22-11(17-8)3-5-16-24(20,21)14-12(13(18)19)9-2-4-15-6-10(9)23-14/h7,15-16H,2-6H2,1H3,(H,18,19). The molecular formula is C14H17N3O4S3. The van der Waals surface area contributed by atoms with Gasteiger partial charge in [0.25, 0.3) is 10.0 Å². The van der Waals surface area contributed by atoms with Crippen molar-refractivity contribution in [3.05, 3.63) is 32.1 Å². The van der Waals surface area contributed by atoms with E-state index in [-0.39, 0.29) is 16.3 Å². The normalized spacial score (nSPS) is 14.5. The van der Waals surface area contributed by atoms with E-state index in [2.05, 4.69) is 15.0 Å². The summed E-state index contributed by atoms with van der Waals surface area (Å²) < 4.78 is 27.5. The molecule has 3 N–H and O–H groups in total. The number of hydrogen-bond acceptors (Lipinski definition) is 7. The molecule has 0 aliphatic carbocycles. The lowest BCUT2D eigenvalue weighted by Gasteiger charge is -2.12. The second kappa shape index (κ2) is 6.89. The zero-order valence-corrected chi connectivity index (χ0v) is 15.4. The summed E-state index contributed by atoms with van der Waals surface area (Å²) in [6.45, 7) is 3.23. The van der Waals surface area contributed by atoms with Crippen LogP contribution in [0.15, 0.2) is 9.59 Å². The van der Waals surface area contributed by atoms with Crippen molar-refractivity contribution in [2.24, 2.45) is 0 Å². The van der Waals surface area contributed by atoms with Gasteiger partial charge in [-0.15, -0.1) is 22.7 Å². The minimum Gasteiger partial charge on any atom is -0.478 e. The van der Waals surface area contributed by atoms with Gasteiger partial charge in [-0.25, -0.2) is 22.9 Å². The minimum absolute atomic E-state index is 0.0749. The first-order valence-electron chi connectivity index (χ1n) is 7.37. The summed E-state index contributed by atoms with van der Waals surface area (Å²) in [4.78, 5) is 16.7. The van der Waals surface area contributed by atoms with E-state index in [9.17, 15) is 18.3 Å². The summed E-state index contributed by atoms with van der Waals surface area (Å²) in [5.41, 5.74) is 1.47. The van der Waals surface area contributed by atoms with Crippen LogP contribution in [0, 0.1) is 6.92 Å².